The molecule has 25 heavy (non-hydrogen) atoms. The molecule has 0 heterocycles. The van der Waals surface area contributed by atoms with Crippen LogP contribution in [0.3, 0.4) is 0 Å². The highest BCUT2D eigenvalue weighted by atomic mass is 19.1. The number of ketones is 1. The topological polar surface area (TPSA) is 66.4 Å². The van der Waals surface area contributed by atoms with Gasteiger partial charge in [0.05, 0.1) is 12.1 Å². The first-order valence-electron chi connectivity index (χ1n) is 8.38. The molecule has 0 aromatic heterocycles. The summed E-state index contributed by atoms with van der Waals surface area (Å²) in [5, 5.41) is 13.0. The predicted molar refractivity (Wildman–Crippen MR) is 91.6 cm³/mol. The SMILES string of the molecule is O=C(CCCC(=O)c1ccc(F)cc1)NC1c2ccccc2CC1O. The standard InChI is InChI=1S/C20H20FNO3/c21-15-10-8-13(9-11-15)17(23)6-3-7-19(25)22-20-16-5-2-1-4-14(16)12-18(20)24/h1-2,4-5,8-11,18,20,24H,3,6-7,12H2,(H,22,25). The van der Waals surface area contributed by atoms with Crippen LogP contribution in [0.15, 0.2) is 48.5 Å². The molecule has 2 N–H and O–H groups in total. The lowest BCUT2D eigenvalue weighted by molar-refractivity contribution is -0.122. The Morgan fingerprint density at radius 3 is 2.56 bits per heavy atom. The van der Waals surface area contributed by atoms with Crippen LogP contribution in [0.1, 0.15) is 46.8 Å². The molecule has 0 radical (unpaired) electrons. The molecule has 1 aliphatic rings. The highest BCUT2D eigenvalue weighted by Crippen LogP contribution is 2.31. The molecule has 0 bridgehead atoms. The van der Waals surface area contributed by atoms with E-state index in [1.807, 2.05) is 24.3 Å². The van der Waals surface area contributed by atoms with E-state index in [9.17, 15) is 19.1 Å². The largest absolute Gasteiger partial charge is 0.390 e. The second-order valence-electron chi connectivity index (χ2n) is 6.30. The zero-order valence-electron chi connectivity index (χ0n) is 13.7. The fourth-order valence-electron chi connectivity index (χ4n) is 3.18. The van der Waals surface area contributed by atoms with Crippen LogP contribution in [-0.2, 0) is 11.2 Å². The molecule has 1 amide bonds. The average Bonchev–Trinajstić information content (AvgIpc) is 2.91. The number of rotatable bonds is 6. The predicted octanol–water partition coefficient (Wildman–Crippen LogP) is 2.95. The van der Waals surface area contributed by atoms with Gasteiger partial charge in [0.1, 0.15) is 5.82 Å². The van der Waals surface area contributed by atoms with Crippen LogP contribution in [0.2, 0.25) is 0 Å². The Morgan fingerprint density at radius 1 is 1.08 bits per heavy atom. The van der Waals surface area contributed by atoms with Crippen LogP contribution in [0.25, 0.3) is 0 Å². The van der Waals surface area contributed by atoms with E-state index in [2.05, 4.69) is 5.32 Å². The van der Waals surface area contributed by atoms with Gasteiger partial charge in [0.2, 0.25) is 5.91 Å². The number of nitrogens with one attached hydrogen (secondary N) is 1. The third kappa shape index (κ3) is 4.12. The van der Waals surface area contributed by atoms with E-state index in [0.717, 1.165) is 11.1 Å². The van der Waals surface area contributed by atoms with E-state index >= 15 is 0 Å². The van der Waals surface area contributed by atoms with Crippen LogP contribution in [0, 0.1) is 5.82 Å². The number of hydrogen-bond donors (Lipinski definition) is 2. The Labute approximate surface area is 145 Å². The fourth-order valence-corrected chi connectivity index (χ4v) is 3.18. The lowest BCUT2D eigenvalue weighted by Crippen LogP contribution is -2.33. The Balaban J connectivity index is 1.49. The molecule has 5 heteroatoms. The molecule has 2 aromatic carbocycles. The molecule has 2 atom stereocenters. The minimum atomic E-state index is -0.623. The molecule has 2 unspecified atom stereocenters. The van der Waals surface area contributed by atoms with Crippen molar-refractivity contribution in [1.29, 1.82) is 0 Å². The van der Waals surface area contributed by atoms with Gasteiger partial charge >= 0.3 is 0 Å². The maximum atomic E-state index is 12.9. The molecule has 0 aliphatic heterocycles. The van der Waals surface area contributed by atoms with E-state index in [0.29, 0.717) is 18.4 Å². The zero-order valence-corrected chi connectivity index (χ0v) is 13.7. The monoisotopic (exact) mass is 341 g/mol. The van der Waals surface area contributed by atoms with Gasteiger partial charge in [-0.1, -0.05) is 24.3 Å². The van der Waals surface area contributed by atoms with Crippen molar-refractivity contribution in [2.45, 2.75) is 37.8 Å². The number of benzene rings is 2. The minimum Gasteiger partial charge on any atom is -0.390 e. The molecule has 3 rings (SSSR count). The molecule has 0 fully saturated rings. The van der Waals surface area contributed by atoms with Gasteiger partial charge in [0.15, 0.2) is 5.78 Å². The van der Waals surface area contributed by atoms with Crippen molar-refractivity contribution in [3.8, 4) is 0 Å². The van der Waals surface area contributed by atoms with Crippen LogP contribution in [-0.4, -0.2) is 22.9 Å². The maximum Gasteiger partial charge on any atom is 0.220 e. The lowest BCUT2D eigenvalue weighted by Gasteiger charge is -2.17. The Bertz CT molecular complexity index is 773. The second-order valence-corrected chi connectivity index (χ2v) is 6.30. The highest BCUT2D eigenvalue weighted by Gasteiger charge is 2.31. The van der Waals surface area contributed by atoms with Crippen LogP contribution in [0.4, 0.5) is 4.39 Å². The molecular weight excluding hydrogens is 321 g/mol. The molecule has 2 aromatic rings. The Kier molecular flexibility index (Phi) is 5.24. The third-order valence-electron chi connectivity index (χ3n) is 4.49. The summed E-state index contributed by atoms with van der Waals surface area (Å²) in [5.74, 6) is -0.682. The highest BCUT2D eigenvalue weighted by molar-refractivity contribution is 5.96. The van der Waals surface area contributed by atoms with Crippen LogP contribution >= 0.6 is 0 Å². The molecule has 0 saturated heterocycles. The zero-order chi connectivity index (χ0) is 17.8. The quantitative estimate of drug-likeness (QED) is 0.794. The van der Waals surface area contributed by atoms with E-state index in [4.69, 9.17) is 0 Å². The number of amides is 1. The first-order valence-corrected chi connectivity index (χ1v) is 8.38. The summed E-state index contributed by atoms with van der Waals surface area (Å²) in [6.07, 6.45) is 0.750. The van der Waals surface area contributed by atoms with Crippen molar-refractivity contribution >= 4 is 11.7 Å². The summed E-state index contributed by atoms with van der Waals surface area (Å²) in [4.78, 5) is 24.1. The molecule has 4 nitrogen and oxygen atoms in total. The summed E-state index contributed by atoms with van der Waals surface area (Å²) in [6.45, 7) is 0. The van der Waals surface area contributed by atoms with E-state index in [1.165, 1.54) is 24.3 Å². The van der Waals surface area contributed by atoms with Gasteiger partial charge in [0.25, 0.3) is 0 Å². The van der Waals surface area contributed by atoms with Crippen molar-refractivity contribution in [3.63, 3.8) is 0 Å². The maximum absolute atomic E-state index is 12.9. The Hall–Kier alpha value is -2.53. The molecule has 0 saturated carbocycles. The first kappa shape index (κ1) is 17.3. The number of carbonyl (C=O) groups excluding carboxylic acids is 2. The average molecular weight is 341 g/mol. The van der Waals surface area contributed by atoms with Gasteiger partial charge in [-0.3, -0.25) is 9.59 Å². The lowest BCUT2D eigenvalue weighted by atomic mass is 10.0. The van der Waals surface area contributed by atoms with Crippen molar-refractivity contribution in [2.24, 2.45) is 0 Å². The van der Waals surface area contributed by atoms with Gasteiger partial charge in [-0.25, -0.2) is 4.39 Å². The van der Waals surface area contributed by atoms with Crippen LogP contribution < -0.4 is 5.32 Å². The van der Waals surface area contributed by atoms with Crippen molar-refractivity contribution in [1.82, 2.24) is 5.32 Å². The summed E-state index contributed by atoms with van der Waals surface area (Å²) >= 11 is 0. The van der Waals surface area contributed by atoms with Gasteiger partial charge < -0.3 is 10.4 Å². The van der Waals surface area contributed by atoms with Gasteiger partial charge in [-0.2, -0.15) is 0 Å². The summed E-state index contributed by atoms with van der Waals surface area (Å²) < 4.78 is 12.9. The number of halogens is 1. The van der Waals surface area contributed by atoms with Gasteiger partial charge in [0, 0.05) is 24.8 Å². The summed E-state index contributed by atoms with van der Waals surface area (Å²) in [7, 11) is 0. The minimum absolute atomic E-state index is 0.112. The third-order valence-corrected chi connectivity index (χ3v) is 4.49. The second kappa shape index (κ2) is 7.57. The van der Waals surface area contributed by atoms with Gasteiger partial charge in [-0.15, -0.1) is 0 Å². The number of carbonyl (C=O) groups is 2. The number of hydrogen-bond acceptors (Lipinski definition) is 3. The number of fused-ring (bicyclic) bond motifs is 1. The van der Waals surface area contributed by atoms with Crippen LogP contribution in [0.5, 0.6) is 0 Å². The summed E-state index contributed by atoms with van der Waals surface area (Å²) in [6, 6.07) is 12.7. The smallest absolute Gasteiger partial charge is 0.220 e. The van der Waals surface area contributed by atoms with E-state index < -0.39 is 12.1 Å². The molecular formula is C20H20FNO3. The number of Topliss-reactive ketones (excluding diaryl/α,β-unsaturated/α-hetero) is 1. The van der Waals surface area contributed by atoms with Crippen molar-refractivity contribution < 1.29 is 19.1 Å². The molecule has 130 valence electrons. The first-order chi connectivity index (χ1) is 12.0. The van der Waals surface area contributed by atoms with Crippen molar-refractivity contribution in [3.05, 3.63) is 71.0 Å². The van der Waals surface area contributed by atoms with E-state index in [1.54, 1.807) is 0 Å². The fraction of sp³-hybridized carbons (Fsp3) is 0.300. The summed E-state index contributed by atoms with van der Waals surface area (Å²) in [5.41, 5.74) is 2.44. The van der Waals surface area contributed by atoms with Gasteiger partial charge in [-0.05, 0) is 41.8 Å². The Morgan fingerprint density at radius 2 is 1.80 bits per heavy atom. The molecule has 1 aliphatic carbocycles. The van der Waals surface area contributed by atoms with E-state index in [-0.39, 0.29) is 30.3 Å². The molecule has 0 spiro atoms. The van der Waals surface area contributed by atoms with Crippen molar-refractivity contribution in [2.75, 3.05) is 0 Å². The number of aliphatic hydroxyl groups is 1. The normalized spacial score (nSPS) is 18.6. The number of aliphatic hydroxyl groups excluding tert-OH is 1.